The molecule has 21 heavy (non-hydrogen) atoms. The minimum atomic E-state index is 0.0585. The molecule has 1 atom stereocenters. The molecule has 2 aliphatic rings. The van der Waals surface area contributed by atoms with Gasteiger partial charge in [-0.25, -0.2) is 4.72 Å². The lowest BCUT2D eigenvalue weighted by Gasteiger charge is -2.23. The number of quaternary nitrogens is 1. The molecule has 2 aliphatic heterocycles. The molecule has 0 saturated carbocycles. The average molecular weight is 295 g/mol. The SMILES string of the molecule is Cc1ccc(C2NSC(=O)C3=C2c2ccccc2[NH2+]3)cc1. The van der Waals surface area contributed by atoms with Gasteiger partial charge in [0.1, 0.15) is 5.69 Å². The van der Waals surface area contributed by atoms with E-state index in [0.717, 1.165) is 17.0 Å². The third-order valence-corrected chi connectivity index (χ3v) is 4.79. The van der Waals surface area contributed by atoms with Gasteiger partial charge in [-0.05, 0) is 18.6 Å². The van der Waals surface area contributed by atoms with Crippen LogP contribution in [0.2, 0.25) is 0 Å². The van der Waals surface area contributed by atoms with Crippen LogP contribution in [-0.2, 0) is 4.79 Å². The predicted octanol–water partition coefficient (Wildman–Crippen LogP) is 2.43. The first kappa shape index (κ1) is 12.8. The first-order valence-corrected chi connectivity index (χ1v) is 7.77. The lowest BCUT2D eigenvalue weighted by atomic mass is 9.93. The summed E-state index contributed by atoms with van der Waals surface area (Å²) < 4.78 is 3.31. The topological polar surface area (TPSA) is 45.7 Å². The quantitative estimate of drug-likeness (QED) is 0.627. The maximum absolute atomic E-state index is 12.2. The second-order valence-electron chi connectivity index (χ2n) is 5.41. The number of para-hydroxylation sites is 1. The number of rotatable bonds is 1. The van der Waals surface area contributed by atoms with Gasteiger partial charge in [0.25, 0.3) is 5.12 Å². The van der Waals surface area contributed by atoms with Gasteiger partial charge in [-0.2, -0.15) is 0 Å². The molecule has 0 radical (unpaired) electrons. The Morgan fingerprint density at radius 3 is 2.67 bits per heavy atom. The second-order valence-corrected chi connectivity index (χ2v) is 6.22. The maximum Gasteiger partial charge on any atom is 0.288 e. The fourth-order valence-corrected chi connectivity index (χ4v) is 3.70. The summed E-state index contributed by atoms with van der Waals surface area (Å²) in [6.07, 6.45) is 0. The predicted molar refractivity (Wildman–Crippen MR) is 84.6 cm³/mol. The van der Waals surface area contributed by atoms with Gasteiger partial charge in [0, 0.05) is 23.6 Å². The first-order chi connectivity index (χ1) is 10.2. The van der Waals surface area contributed by atoms with Crippen LogP contribution in [0.3, 0.4) is 0 Å². The molecule has 0 fully saturated rings. The van der Waals surface area contributed by atoms with E-state index in [-0.39, 0.29) is 11.2 Å². The summed E-state index contributed by atoms with van der Waals surface area (Å²) in [5.41, 5.74) is 6.68. The van der Waals surface area contributed by atoms with Gasteiger partial charge in [0.2, 0.25) is 0 Å². The third kappa shape index (κ3) is 2.03. The van der Waals surface area contributed by atoms with Crippen LogP contribution in [0.15, 0.2) is 54.2 Å². The number of nitrogens with one attached hydrogen (secondary N) is 1. The number of benzene rings is 2. The first-order valence-electron chi connectivity index (χ1n) is 6.95. The number of fused-ring (bicyclic) bond motifs is 2. The van der Waals surface area contributed by atoms with E-state index in [2.05, 4.69) is 48.0 Å². The smallest absolute Gasteiger partial charge is 0.277 e. The van der Waals surface area contributed by atoms with E-state index < -0.39 is 0 Å². The Morgan fingerprint density at radius 1 is 1.10 bits per heavy atom. The fourth-order valence-electron chi connectivity index (χ4n) is 2.95. The third-order valence-electron chi connectivity index (χ3n) is 4.03. The van der Waals surface area contributed by atoms with E-state index in [0.29, 0.717) is 0 Å². The van der Waals surface area contributed by atoms with Gasteiger partial charge in [-0.3, -0.25) is 10.1 Å². The molecule has 0 saturated heterocycles. The highest BCUT2D eigenvalue weighted by Crippen LogP contribution is 2.41. The average Bonchev–Trinajstić information content (AvgIpc) is 2.90. The van der Waals surface area contributed by atoms with Gasteiger partial charge >= 0.3 is 0 Å². The van der Waals surface area contributed by atoms with Crippen molar-refractivity contribution in [3.05, 3.63) is 70.9 Å². The number of hydrogen-bond acceptors (Lipinski definition) is 3. The van der Waals surface area contributed by atoms with E-state index in [4.69, 9.17) is 0 Å². The summed E-state index contributed by atoms with van der Waals surface area (Å²) in [6.45, 7) is 2.08. The molecular formula is C17H15N2OS+. The molecular weight excluding hydrogens is 280 g/mol. The van der Waals surface area contributed by atoms with E-state index in [9.17, 15) is 4.79 Å². The van der Waals surface area contributed by atoms with Crippen LogP contribution in [0.1, 0.15) is 22.7 Å². The molecule has 0 aromatic heterocycles. The van der Waals surface area contributed by atoms with E-state index in [1.165, 1.54) is 28.6 Å². The van der Waals surface area contributed by atoms with Crippen LogP contribution in [0.5, 0.6) is 0 Å². The zero-order chi connectivity index (χ0) is 14.4. The van der Waals surface area contributed by atoms with E-state index >= 15 is 0 Å². The maximum atomic E-state index is 12.2. The van der Waals surface area contributed by atoms with Crippen molar-refractivity contribution in [3.63, 3.8) is 0 Å². The Balaban J connectivity index is 1.86. The Bertz CT molecular complexity index is 765. The lowest BCUT2D eigenvalue weighted by molar-refractivity contribution is -0.505. The van der Waals surface area contributed by atoms with E-state index in [1.807, 2.05) is 17.4 Å². The van der Waals surface area contributed by atoms with Gasteiger partial charge in [-0.15, -0.1) is 0 Å². The van der Waals surface area contributed by atoms with Crippen molar-refractivity contribution in [1.82, 2.24) is 4.72 Å². The van der Waals surface area contributed by atoms with Crippen molar-refractivity contribution in [2.75, 3.05) is 0 Å². The largest absolute Gasteiger partial charge is 0.288 e. The number of hydrogen-bond donors (Lipinski definition) is 2. The molecule has 3 N–H and O–H groups in total. The Morgan fingerprint density at radius 2 is 1.86 bits per heavy atom. The zero-order valence-corrected chi connectivity index (χ0v) is 12.4. The number of nitrogens with two attached hydrogens (primary N) is 1. The van der Waals surface area contributed by atoms with Crippen LogP contribution in [-0.4, -0.2) is 5.12 Å². The highest BCUT2D eigenvalue weighted by atomic mass is 32.2. The van der Waals surface area contributed by atoms with Gasteiger partial charge in [-0.1, -0.05) is 42.0 Å². The summed E-state index contributed by atoms with van der Waals surface area (Å²) >= 11 is 1.19. The molecule has 3 nitrogen and oxygen atoms in total. The zero-order valence-electron chi connectivity index (χ0n) is 11.6. The summed E-state index contributed by atoms with van der Waals surface area (Å²) in [5.74, 6) is 0. The highest BCUT2D eigenvalue weighted by molar-refractivity contribution is 8.12. The Kier molecular flexibility index (Phi) is 2.96. The van der Waals surface area contributed by atoms with Crippen molar-refractivity contribution in [1.29, 1.82) is 0 Å². The van der Waals surface area contributed by atoms with Crippen molar-refractivity contribution >= 4 is 28.3 Å². The van der Waals surface area contributed by atoms with Crippen molar-refractivity contribution in [2.24, 2.45) is 0 Å². The molecule has 0 spiro atoms. The number of carbonyl (C=O) groups is 1. The normalized spacial score (nSPS) is 20.4. The van der Waals surface area contributed by atoms with Crippen molar-refractivity contribution in [2.45, 2.75) is 13.0 Å². The van der Waals surface area contributed by atoms with Gasteiger partial charge < -0.3 is 0 Å². The lowest BCUT2D eigenvalue weighted by Crippen LogP contribution is -2.76. The van der Waals surface area contributed by atoms with E-state index in [1.54, 1.807) is 0 Å². The van der Waals surface area contributed by atoms with Crippen molar-refractivity contribution in [3.8, 4) is 0 Å². The molecule has 0 aliphatic carbocycles. The second kappa shape index (κ2) is 4.84. The summed E-state index contributed by atoms with van der Waals surface area (Å²) in [6, 6.07) is 16.8. The van der Waals surface area contributed by atoms with Gasteiger partial charge in [0.05, 0.1) is 11.6 Å². The summed E-state index contributed by atoms with van der Waals surface area (Å²) in [5, 5.41) is 2.12. The van der Waals surface area contributed by atoms with Gasteiger partial charge in [0.15, 0.2) is 5.70 Å². The molecule has 4 heteroatoms. The highest BCUT2D eigenvalue weighted by Gasteiger charge is 2.40. The molecule has 0 amide bonds. The molecule has 1 unspecified atom stereocenters. The minimum Gasteiger partial charge on any atom is -0.277 e. The van der Waals surface area contributed by atoms with Crippen LogP contribution in [0.25, 0.3) is 5.57 Å². The Hall–Kier alpha value is -1.88. The van der Waals surface area contributed by atoms with Crippen LogP contribution < -0.4 is 10.0 Å². The fraction of sp³-hybridized carbons (Fsp3) is 0.118. The standard InChI is InChI=1S/C17H14N2OS/c1-10-6-8-11(9-7-10)15-14-12-4-2-3-5-13(12)18-16(14)17(20)21-19-15/h2-9,15,18-19H,1H3/p+1. The molecule has 4 rings (SSSR count). The number of aryl methyl sites for hydroxylation is 1. The molecule has 2 heterocycles. The van der Waals surface area contributed by atoms with Crippen LogP contribution >= 0.6 is 11.9 Å². The minimum absolute atomic E-state index is 0.0585. The monoisotopic (exact) mass is 295 g/mol. The molecule has 0 bridgehead atoms. The summed E-state index contributed by atoms with van der Waals surface area (Å²) in [7, 11) is 0. The van der Waals surface area contributed by atoms with Crippen LogP contribution in [0.4, 0.5) is 5.69 Å². The number of carbonyl (C=O) groups excluding carboxylic acids is 1. The Labute approximate surface area is 127 Å². The summed E-state index contributed by atoms with van der Waals surface area (Å²) in [4.78, 5) is 12.2. The molecule has 104 valence electrons. The molecule has 2 aromatic carbocycles. The van der Waals surface area contributed by atoms with Crippen LogP contribution in [0, 0.1) is 6.92 Å². The molecule has 2 aromatic rings. The van der Waals surface area contributed by atoms with Crippen molar-refractivity contribution < 1.29 is 10.1 Å².